The summed E-state index contributed by atoms with van der Waals surface area (Å²) in [7, 11) is 0. The molecule has 1 amide bonds. The molecule has 0 radical (unpaired) electrons. The number of hydrogen-bond donors (Lipinski definition) is 1. The summed E-state index contributed by atoms with van der Waals surface area (Å²) in [6.45, 7) is 5.68. The Morgan fingerprint density at radius 3 is 2.35 bits per heavy atom. The van der Waals surface area contributed by atoms with Crippen LogP contribution < -0.4 is 5.32 Å². The van der Waals surface area contributed by atoms with Crippen LogP contribution in [0.2, 0.25) is 0 Å². The number of amides is 1. The SMILES string of the molecule is CCOC(=O)c1c(-c2ccccc2)csc1NC(=O)COC(=O)C=Cc1ccc(C(C)C)cc1. The molecule has 0 bridgehead atoms. The Morgan fingerprint density at radius 2 is 1.71 bits per heavy atom. The van der Waals surface area contributed by atoms with E-state index < -0.39 is 24.5 Å². The van der Waals surface area contributed by atoms with E-state index >= 15 is 0 Å². The predicted octanol–water partition coefficient (Wildman–Crippen LogP) is 5.91. The van der Waals surface area contributed by atoms with Crippen LogP contribution in [-0.4, -0.2) is 31.1 Å². The quantitative estimate of drug-likeness (QED) is 0.306. The molecule has 0 saturated carbocycles. The van der Waals surface area contributed by atoms with Crippen molar-refractivity contribution in [2.45, 2.75) is 26.7 Å². The summed E-state index contributed by atoms with van der Waals surface area (Å²) in [5, 5.41) is 4.80. The minimum absolute atomic E-state index is 0.209. The lowest BCUT2D eigenvalue weighted by Gasteiger charge is -2.09. The number of anilines is 1. The molecule has 1 aromatic heterocycles. The van der Waals surface area contributed by atoms with E-state index in [9.17, 15) is 14.4 Å². The number of thiophene rings is 1. The van der Waals surface area contributed by atoms with Crippen molar-refractivity contribution in [3.63, 3.8) is 0 Å². The maximum absolute atomic E-state index is 12.6. The first-order valence-corrected chi connectivity index (χ1v) is 11.9. The first-order valence-electron chi connectivity index (χ1n) is 11.0. The molecule has 3 aromatic rings. The molecule has 2 aromatic carbocycles. The van der Waals surface area contributed by atoms with Crippen molar-refractivity contribution in [1.82, 2.24) is 0 Å². The van der Waals surface area contributed by atoms with Gasteiger partial charge in [0.15, 0.2) is 6.61 Å². The average molecular weight is 478 g/mol. The van der Waals surface area contributed by atoms with Gasteiger partial charge in [-0.15, -0.1) is 11.3 Å². The van der Waals surface area contributed by atoms with Gasteiger partial charge in [-0.2, -0.15) is 0 Å². The lowest BCUT2D eigenvalue weighted by Crippen LogP contribution is -2.21. The lowest BCUT2D eigenvalue weighted by atomic mass is 10.0. The zero-order valence-corrected chi connectivity index (χ0v) is 20.2. The summed E-state index contributed by atoms with van der Waals surface area (Å²) < 4.78 is 10.2. The second kappa shape index (κ2) is 12.0. The van der Waals surface area contributed by atoms with E-state index in [0.717, 1.165) is 11.1 Å². The molecule has 176 valence electrons. The van der Waals surface area contributed by atoms with Crippen molar-refractivity contribution in [2.75, 3.05) is 18.5 Å². The minimum Gasteiger partial charge on any atom is -0.462 e. The minimum atomic E-state index is -0.634. The van der Waals surface area contributed by atoms with Crippen molar-refractivity contribution in [1.29, 1.82) is 0 Å². The molecule has 0 unspecified atom stereocenters. The van der Waals surface area contributed by atoms with Crippen LogP contribution in [-0.2, 0) is 19.1 Å². The van der Waals surface area contributed by atoms with E-state index in [-0.39, 0.29) is 12.2 Å². The topological polar surface area (TPSA) is 81.7 Å². The summed E-state index contributed by atoms with van der Waals surface area (Å²) in [5.41, 5.74) is 3.85. The van der Waals surface area contributed by atoms with Crippen LogP contribution >= 0.6 is 11.3 Å². The van der Waals surface area contributed by atoms with Gasteiger partial charge < -0.3 is 14.8 Å². The van der Waals surface area contributed by atoms with Gasteiger partial charge in [0.1, 0.15) is 10.6 Å². The highest BCUT2D eigenvalue weighted by molar-refractivity contribution is 7.15. The first kappa shape index (κ1) is 24.9. The second-order valence-electron chi connectivity index (χ2n) is 7.75. The molecule has 0 aliphatic heterocycles. The van der Waals surface area contributed by atoms with E-state index in [1.807, 2.05) is 54.6 Å². The number of esters is 2. The third kappa shape index (κ3) is 6.65. The zero-order valence-electron chi connectivity index (χ0n) is 19.4. The van der Waals surface area contributed by atoms with Gasteiger partial charge in [0.05, 0.1) is 6.61 Å². The molecule has 0 atom stereocenters. The van der Waals surface area contributed by atoms with E-state index in [1.165, 1.54) is 23.0 Å². The van der Waals surface area contributed by atoms with E-state index in [2.05, 4.69) is 19.2 Å². The molecule has 0 spiro atoms. The van der Waals surface area contributed by atoms with Gasteiger partial charge in [-0.05, 0) is 35.6 Å². The van der Waals surface area contributed by atoms with Crippen molar-refractivity contribution < 1.29 is 23.9 Å². The third-order valence-electron chi connectivity index (χ3n) is 4.97. The molecular weight excluding hydrogens is 450 g/mol. The smallest absolute Gasteiger partial charge is 0.341 e. The maximum Gasteiger partial charge on any atom is 0.341 e. The normalized spacial score (nSPS) is 10.9. The van der Waals surface area contributed by atoms with Crippen LogP contribution in [0.3, 0.4) is 0 Å². The first-order chi connectivity index (χ1) is 16.4. The fourth-order valence-electron chi connectivity index (χ4n) is 3.19. The van der Waals surface area contributed by atoms with Gasteiger partial charge in [-0.3, -0.25) is 4.79 Å². The van der Waals surface area contributed by atoms with Crippen LogP contribution in [0.15, 0.2) is 66.1 Å². The van der Waals surface area contributed by atoms with Crippen LogP contribution in [0.25, 0.3) is 17.2 Å². The number of carbonyl (C=O) groups is 3. The molecule has 1 heterocycles. The van der Waals surface area contributed by atoms with Gasteiger partial charge in [0.2, 0.25) is 0 Å². The van der Waals surface area contributed by atoms with Gasteiger partial charge in [0.25, 0.3) is 5.91 Å². The molecule has 0 fully saturated rings. The Kier molecular flexibility index (Phi) is 8.76. The summed E-state index contributed by atoms with van der Waals surface area (Å²) >= 11 is 1.21. The third-order valence-corrected chi connectivity index (χ3v) is 5.86. The van der Waals surface area contributed by atoms with Crippen LogP contribution in [0.4, 0.5) is 5.00 Å². The number of nitrogens with one attached hydrogen (secondary N) is 1. The fourth-order valence-corrected chi connectivity index (χ4v) is 4.16. The fraction of sp³-hybridized carbons (Fsp3) is 0.222. The molecule has 0 aliphatic rings. The van der Waals surface area contributed by atoms with Crippen LogP contribution in [0.1, 0.15) is 48.2 Å². The van der Waals surface area contributed by atoms with Gasteiger partial charge in [-0.25, -0.2) is 9.59 Å². The molecule has 6 nitrogen and oxygen atoms in total. The van der Waals surface area contributed by atoms with Crippen molar-refractivity contribution in [2.24, 2.45) is 0 Å². The monoisotopic (exact) mass is 477 g/mol. The molecule has 3 rings (SSSR count). The van der Waals surface area contributed by atoms with E-state index in [0.29, 0.717) is 16.5 Å². The van der Waals surface area contributed by atoms with Gasteiger partial charge in [-0.1, -0.05) is 68.4 Å². The molecule has 34 heavy (non-hydrogen) atoms. The van der Waals surface area contributed by atoms with Crippen LogP contribution in [0.5, 0.6) is 0 Å². The van der Waals surface area contributed by atoms with Crippen LogP contribution in [0, 0.1) is 0 Å². The lowest BCUT2D eigenvalue weighted by molar-refractivity contribution is -0.142. The highest BCUT2D eigenvalue weighted by atomic mass is 32.1. The maximum atomic E-state index is 12.6. The molecule has 1 N–H and O–H groups in total. The van der Waals surface area contributed by atoms with Gasteiger partial charge >= 0.3 is 11.9 Å². The Bertz CT molecular complexity index is 1160. The van der Waals surface area contributed by atoms with Crippen molar-refractivity contribution in [3.05, 3.63) is 82.7 Å². The van der Waals surface area contributed by atoms with Gasteiger partial charge in [0, 0.05) is 17.0 Å². The zero-order chi connectivity index (χ0) is 24.5. The van der Waals surface area contributed by atoms with E-state index in [4.69, 9.17) is 9.47 Å². The summed E-state index contributed by atoms with van der Waals surface area (Å²) in [5.74, 6) is -1.28. The number of rotatable bonds is 9. The highest BCUT2D eigenvalue weighted by Crippen LogP contribution is 2.36. The Hall–Kier alpha value is -3.71. The number of carbonyl (C=O) groups excluding carboxylic acids is 3. The Labute approximate surface area is 203 Å². The van der Waals surface area contributed by atoms with E-state index in [1.54, 1.807) is 18.4 Å². The molecule has 0 aliphatic carbocycles. The summed E-state index contributed by atoms with van der Waals surface area (Å²) in [6, 6.07) is 17.2. The predicted molar refractivity (Wildman–Crippen MR) is 135 cm³/mol. The molecular formula is C27H27NO5S. The van der Waals surface area contributed by atoms with Crippen molar-refractivity contribution in [3.8, 4) is 11.1 Å². The molecule has 0 saturated heterocycles. The average Bonchev–Trinajstić information content (AvgIpc) is 3.26. The summed E-state index contributed by atoms with van der Waals surface area (Å²) in [4.78, 5) is 37.0. The Balaban J connectivity index is 1.62. The largest absolute Gasteiger partial charge is 0.462 e. The number of ether oxygens (including phenoxy) is 2. The Morgan fingerprint density at radius 1 is 1.00 bits per heavy atom. The number of hydrogen-bond acceptors (Lipinski definition) is 6. The van der Waals surface area contributed by atoms with Crippen molar-refractivity contribution >= 4 is 40.3 Å². The highest BCUT2D eigenvalue weighted by Gasteiger charge is 2.23. The second-order valence-corrected chi connectivity index (χ2v) is 8.63. The standard InChI is InChI=1S/C27H27NO5S/c1-4-32-27(31)25-22(21-8-6-5-7-9-21)17-34-26(25)28-23(29)16-33-24(30)15-12-19-10-13-20(14-11-19)18(2)3/h5-15,17-18H,4,16H2,1-3H3,(H,28,29). The summed E-state index contributed by atoms with van der Waals surface area (Å²) in [6.07, 6.45) is 2.91. The number of benzene rings is 2. The molecule has 7 heteroatoms.